The van der Waals surface area contributed by atoms with Gasteiger partial charge >= 0.3 is 0 Å². The molecule has 29 heavy (non-hydrogen) atoms. The van der Waals surface area contributed by atoms with Gasteiger partial charge < -0.3 is 9.64 Å². The van der Waals surface area contributed by atoms with Gasteiger partial charge in [0, 0.05) is 44.7 Å². The van der Waals surface area contributed by atoms with Gasteiger partial charge in [-0.2, -0.15) is 0 Å². The molecule has 0 unspecified atom stereocenters. The number of para-hydroxylation sites is 1. The number of rotatable bonds is 3. The van der Waals surface area contributed by atoms with Crippen LogP contribution in [-0.4, -0.2) is 47.7 Å². The number of aromatic nitrogens is 2. The normalized spacial score (nSPS) is 21.8. The molecule has 2 aromatic rings. The van der Waals surface area contributed by atoms with Gasteiger partial charge in [-0.05, 0) is 36.5 Å². The molecular weight excluding hydrogens is 364 g/mol. The van der Waals surface area contributed by atoms with Crippen molar-refractivity contribution < 1.29 is 4.74 Å². The number of fused-ring (bicyclic) bond motifs is 2. The zero-order valence-corrected chi connectivity index (χ0v) is 17.0. The van der Waals surface area contributed by atoms with E-state index in [1.807, 2.05) is 18.2 Å². The zero-order chi connectivity index (χ0) is 19.8. The van der Waals surface area contributed by atoms with E-state index >= 15 is 0 Å². The number of benzene rings is 1. The lowest BCUT2D eigenvalue weighted by atomic mass is 10.0. The summed E-state index contributed by atoms with van der Waals surface area (Å²) in [7, 11) is 0. The van der Waals surface area contributed by atoms with Crippen molar-refractivity contribution in [1.29, 1.82) is 0 Å². The molecule has 0 aliphatic carbocycles. The molecule has 0 saturated carbocycles. The lowest BCUT2D eigenvalue weighted by Crippen LogP contribution is -2.40. The Morgan fingerprint density at radius 2 is 2.17 bits per heavy atom. The first-order chi connectivity index (χ1) is 14.2. The summed E-state index contributed by atoms with van der Waals surface area (Å²) in [6.07, 6.45) is 5.46. The van der Waals surface area contributed by atoms with Crippen LogP contribution in [0.1, 0.15) is 36.6 Å². The van der Waals surface area contributed by atoms with Gasteiger partial charge in [0.15, 0.2) is 0 Å². The fourth-order valence-electron chi connectivity index (χ4n) is 4.68. The number of hydrogen-bond acceptors (Lipinski definition) is 5. The minimum atomic E-state index is 0.0205. The van der Waals surface area contributed by atoms with Crippen molar-refractivity contribution in [2.45, 2.75) is 32.7 Å². The van der Waals surface area contributed by atoms with Crippen LogP contribution in [0.5, 0.6) is 5.75 Å². The Balaban J connectivity index is 1.31. The molecule has 0 spiro atoms. The summed E-state index contributed by atoms with van der Waals surface area (Å²) in [5.74, 6) is 2.35. The highest BCUT2D eigenvalue weighted by Crippen LogP contribution is 2.27. The van der Waals surface area contributed by atoms with Crippen molar-refractivity contribution >= 4 is 12.0 Å². The molecule has 0 amide bonds. The number of nitrogens with zero attached hydrogens (tertiary/aromatic N) is 3. The predicted molar refractivity (Wildman–Crippen MR) is 114 cm³/mol. The highest BCUT2D eigenvalue weighted by Gasteiger charge is 2.25. The number of piperidine rings is 1. The van der Waals surface area contributed by atoms with Crippen molar-refractivity contribution in [3.05, 3.63) is 57.0 Å². The van der Waals surface area contributed by atoms with Crippen LogP contribution in [0, 0.1) is 5.92 Å². The van der Waals surface area contributed by atoms with Crippen molar-refractivity contribution in [3.8, 4) is 5.75 Å². The molecule has 0 bridgehead atoms. The number of hydrogen-bond donors (Lipinski definition) is 1. The standard InChI is InChI=1S/C23H28N4O2/c1-16-5-4-9-27(12-16)23-24-20-8-10-26(14-19(20)22(28)25-23)13-17-11-18-6-2-3-7-21(18)29-15-17/h2-3,6-7,11,16H,4-5,8-10,12-15H2,1H3,(H,24,25,28)/t16-/m0/s1. The SMILES string of the molecule is C[C@H]1CCCN(c2nc3c(c(=O)[nH]2)CN(CC2=Cc4ccccc4OC2)CC3)C1. The number of ether oxygens (including phenoxy) is 1. The molecule has 5 rings (SSSR count). The second-order valence-corrected chi connectivity index (χ2v) is 8.60. The molecule has 6 nitrogen and oxygen atoms in total. The van der Waals surface area contributed by atoms with E-state index in [0.29, 0.717) is 19.1 Å². The molecule has 4 heterocycles. The van der Waals surface area contributed by atoms with E-state index in [4.69, 9.17) is 9.72 Å². The van der Waals surface area contributed by atoms with Crippen LogP contribution in [-0.2, 0) is 13.0 Å². The van der Waals surface area contributed by atoms with Gasteiger partial charge in [0.25, 0.3) is 5.56 Å². The highest BCUT2D eigenvalue weighted by atomic mass is 16.5. The molecule has 6 heteroatoms. The number of nitrogens with one attached hydrogen (secondary N) is 1. The Kier molecular flexibility index (Phi) is 4.87. The third-order valence-corrected chi connectivity index (χ3v) is 6.21. The van der Waals surface area contributed by atoms with Crippen molar-refractivity contribution in [1.82, 2.24) is 14.9 Å². The van der Waals surface area contributed by atoms with E-state index in [2.05, 4.69) is 33.8 Å². The molecule has 152 valence electrons. The van der Waals surface area contributed by atoms with E-state index in [1.165, 1.54) is 12.0 Å². The second kappa shape index (κ2) is 7.67. The monoisotopic (exact) mass is 392 g/mol. The fraction of sp³-hybridized carbons (Fsp3) is 0.478. The summed E-state index contributed by atoms with van der Waals surface area (Å²) < 4.78 is 5.88. The molecular formula is C23H28N4O2. The van der Waals surface area contributed by atoms with Crippen LogP contribution < -0.4 is 15.2 Å². The summed E-state index contributed by atoms with van der Waals surface area (Å²) in [6.45, 7) is 7.21. The van der Waals surface area contributed by atoms with Crippen LogP contribution in [0.4, 0.5) is 5.95 Å². The van der Waals surface area contributed by atoms with Gasteiger partial charge in [-0.25, -0.2) is 4.98 Å². The van der Waals surface area contributed by atoms with Crippen LogP contribution >= 0.6 is 0 Å². The van der Waals surface area contributed by atoms with Gasteiger partial charge in [-0.3, -0.25) is 14.7 Å². The van der Waals surface area contributed by atoms with E-state index < -0.39 is 0 Å². The quantitative estimate of drug-likeness (QED) is 0.870. The summed E-state index contributed by atoms with van der Waals surface area (Å²) in [4.78, 5) is 25.3. The lowest BCUT2D eigenvalue weighted by molar-refractivity contribution is 0.254. The van der Waals surface area contributed by atoms with Gasteiger partial charge in [-0.15, -0.1) is 0 Å². The van der Waals surface area contributed by atoms with E-state index in [-0.39, 0.29) is 5.56 Å². The molecule has 1 N–H and O–H groups in total. The smallest absolute Gasteiger partial charge is 0.257 e. The second-order valence-electron chi connectivity index (χ2n) is 8.60. The maximum atomic E-state index is 12.8. The van der Waals surface area contributed by atoms with Crippen molar-refractivity contribution in [2.24, 2.45) is 5.92 Å². The third kappa shape index (κ3) is 3.81. The first-order valence-electron chi connectivity index (χ1n) is 10.7. The van der Waals surface area contributed by atoms with E-state index in [9.17, 15) is 4.79 Å². The zero-order valence-electron chi connectivity index (χ0n) is 17.0. The number of anilines is 1. The van der Waals surface area contributed by atoms with Gasteiger partial charge in [0.1, 0.15) is 12.4 Å². The third-order valence-electron chi connectivity index (χ3n) is 6.21. The van der Waals surface area contributed by atoms with Gasteiger partial charge in [0.2, 0.25) is 5.95 Å². The number of H-pyrrole nitrogens is 1. The van der Waals surface area contributed by atoms with E-state index in [1.54, 1.807) is 0 Å². The summed E-state index contributed by atoms with van der Waals surface area (Å²) >= 11 is 0. The van der Waals surface area contributed by atoms with Crippen LogP contribution in [0.15, 0.2) is 34.6 Å². The molecule has 1 fully saturated rings. The predicted octanol–water partition coefficient (Wildman–Crippen LogP) is 2.84. The van der Waals surface area contributed by atoms with Crippen molar-refractivity contribution in [2.75, 3.05) is 37.7 Å². The van der Waals surface area contributed by atoms with Crippen LogP contribution in [0.25, 0.3) is 6.08 Å². The fourth-order valence-corrected chi connectivity index (χ4v) is 4.68. The summed E-state index contributed by atoms with van der Waals surface area (Å²) in [5.41, 5.74) is 4.19. The Bertz CT molecular complexity index is 997. The molecule has 1 atom stereocenters. The molecule has 3 aliphatic heterocycles. The van der Waals surface area contributed by atoms with Crippen molar-refractivity contribution in [3.63, 3.8) is 0 Å². The van der Waals surface area contributed by atoms with Gasteiger partial charge in [0.05, 0.1) is 11.3 Å². The minimum Gasteiger partial charge on any atom is -0.489 e. The summed E-state index contributed by atoms with van der Waals surface area (Å²) in [5, 5.41) is 0. The Hall–Kier alpha value is -2.60. The average Bonchev–Trinajstić information content (AvgIpc) is 2.74. The molecule has 0 radical (unpaired) electrons. The first kappa shape index (κ1) is 18.4. The molecule has 1 saturated heterocycles. The summed E-state index contributed by atoms with van der Waals surface area (Å²) in [6, 6.07) is 8.12. The molecule has 3 aliphatic rings. The Morgan fingerprint density at radius 1 is 1.28 bits per heavy atom. The van der Waals surface area contributed by atoms with Crippen LogP contribution in [0.2, 0.25) is 0 Å². The Morgan fingerprint density at radius 3 is 3.07 bits per heavy atom. The Labute approximate surface area is 171 Å². The minimum absolute atomic E-state index is 0.0205. The first-order valence-corrected chi connectivity index (χ1v) is 10.7. The maximum absolute atomic E-state index is 12.8. The van der Waals surface area contributed by atoms with Gasteiger partial charge in [-0.1, -0.05) is 25.1 Å². The largest absolute Gasteiger partial charge is 0.489 e. The average molecular weight is 393 g/mol. The highest BCUT2D eigenvalue weighted by molar-refractivity contribution is 5.62. The number of aromatic amines is 1. The maximum Gasteiger partial charge on any atom is 0.257 e. The lowest BCUT2D eigenvalue weighted by Gasteiger charge is -2.33. The topological polar surface area (TPSA) is 61.5 Å². The van der Waals surface area contributed by atoms with Crippen LogP contribution in [0.3, 0.4) is 0 Å². The van der Waals surface area contributed by atoms with E-state index in [0.717, 1.165) is 67.5 Å². The molecule has 1 aromatic heterocycles. The molecule has 1 aromatic carbocycles.